The van der Waals surface area contributed by atoms with E-state index in [9.17, 15) is 4.21 Å². The summed E-state index contributed by atoms with van der Waals surface area (Å²) >= 11 is 0. The Morgan fingerprint density at radius 3 is 2.55 bits per heavy atom. The number of hydrogen-bond acceptors (Lipinski definition) is 4. The predicted molar refractivity (Wildman–Crippen MR) is 84.3 cm³/mol. The van der Waals surface area contributed by atoms with E-state index in [-0.39, 0.29) is 0 Å². The predicted octanol–water partition coefficient (Wildman–Crippen LogP) is 1.99. The van der Waals surface area contributed by atoms with Crippen LogP contribution in [0.3, 0.4) is 0 Å². The molecular formula is C15H25NO3S. The van der Waals surface area contributed by atoms with Crippen LogP contribution in [0.2, 0.25) is 0 Å². The Labute approximate surface area is 124 Å². The van der Waals surface area contributed by atoms with Crippen LogP contribution >= 0.6 is 0 Å². The quantitative estimate of drug-likeness (QED) is 0.757. The molecule has 0 radical (unpaired) electrons. The molecule has 0 amide bonds. The maximum Gasteiger partial charge on any atom is 0.160 e. The summed E-state index contributed by atoms with van der Waals surface area (Å²) in [4.78, 5) is 0. The highest BCUT2D eigenvalue weighted by Crippen LogP contribution is 2.27. The van der Waals surface area contributed by atoms with Gasteiger partial charge in [-0.25, -0.2) is 0 Å². The second-order valence-electron chi connectivity index (χ2n) is 4.68. The fraction of sp³-hybridized carbons (Fsp3) is 0.600. The largest absolute Gasteiger partial charge is 0.493 e. The minimum absolute atomic E-state index is 0.335. The zero-order valence-corrected chi connectivity index (χ0v) is 13.6. The summed E-state index contributed by atoms with van der Waals surface area (Å²) in [5.74, 6) is 2.94. The first-order valence-corrected chi connectivity index (χ1v) is 8.38. The molecule has 5 heteroatoms. The Balaban J connectivity index is 2.49. The first kappa shape index (κ1) is 17.0. The van der Waals surface area contributed by atoms with E-state index in [1.54, 1.807) is 14.2 Å². The number of nitrogens with one attached hydrogen (secondary N) is 1. The number of rotatable bonds is 9. The van der Waals surface area contributed by atoms with Crippen LogP contribution in [0.5, 0.6) is 11.5 Å². The van der Waals surface area contributed by atoms with Crippen LogP contribution in [0.4, 0.5) is 0 Å². The zero-order chi connectivity index (χ0) is 15.0. The van der Waals surface area contributed by atoms with Crippen LogP contribution in [-0.4, -0.2) is 42.5 Å². The average Bonchev–Trinajstić information content (AvgIpc) is 2.46. The molecule has 0 spiro atoms. The van der Waals surface area contributed by atoms with E-state index < -0.39 is 10.8 Å². The minimum atomic E-state index is -0.698. The summed E-state index contributed by atoms with van der Waals surface area (Å²) in [6.07, 6.45) is 0.902. The van der Waals surface area contributed by atoms with Crippen LogP contribution in [-0.2, 0) is 17.2 Å². The Kier molecular flexibility index (Phi) is 7.62. The van der Waals surface area contributed by atoms with Crippen LogP contribution in [0.15, 0.2) is 18.2 Å². The van der Waals surface area contributed by atoms with Gasteiger partial charge in [0, 0.05) is 34.9 Å². The second kappa shape index (κ2) is 8.97. The molecule has 2 unspecified atom stereocenters. The van der Waals surface area contributed by atoms with Crippen molar-refractivity contribution in [3.63, 3.8) is 0 Å². The standard InChI is InChI=1S/C15H25NO3S/c1-5-20(17)9-8-16-12(2)10-13-6-7-14(18-3)15(11-13)19-4/h6-7,11-12,16H,5,8-10H2,1-4H3. The topological polar surface area (TPSA) is 47.6 Å². The number of methoxy groups -OCH3 is 2. The van der Waals surface area contributed by atoms with Crippen molar-refractivity contribution in [1.29, 1.82) is 0 Å². The van der Waals surface area contributed by atoms with Crippen molar-refractivity contribution < 1.29 is 13.7 Å². The van der Waals surface area contributed by atoms with E-state index in [1.165, 1.54) is 5.56 Å². The molecule has 0 aromatic heterocycles. The van der Waals surface area contributed by atoms with Crippen molar-refractivity contribution in [2.75, 3.05) is 32.3 Å². The fourth-order valence-corrected chi connectivity index (χ4v) is 2.63. The van der Waals surface area contributed by atoms with Gasteiger partial charge in [-0.3, -0.25) is 4.21 Å². The van der Waals surface area contributed by atoms with Gasteiger partial charge in [-0.1, -0.05) is 13.0 Å². The zero-order valence-electron chi connectivity index (χ0n) is 12.8. The molecule has 0 fully saturated rings. The Bertz CT molecular complexity index is 437. The first-order valence-electron chi connectivity index (χ1n) is 6.90. The van der Waals surface area contributed by atoms with Crippen molar-refractivity contribution in [1.82, 2.24) is 5.32 Å². The van der Waals surface area contributed by atoms with Gasteiger partial charge in [-0.05, 0) is 31.0 Å². The van der Waals surface area contributed by atoms with Crippen molar-refractivity contribution in [2.24, 2.45) is 0 Å². The number of hydrogen-bond donors (Lipinski definition) is 1. The highest BCUT2D eigenvalue weighted by molar-refractivity contribution is 7.84. The van der Waals surface area contributed by atoms with Gasteiger partial charge >= 0.3 is 0 Å². The monoisotopic (exact) mass is 299 g/mol. The molecule has 1 rings (SSSR count). The molecule has 20 heavy (non-hydrogen) atoms. The van der Waals surface area contributed by atoms with E-state index in [4.69, 9.17) is 9.47 Å². The molecule has 1 aromatic rings. The molecular weight excluding hydrogens is 274 g/mol. The summed E-state index contributed by atoms with van der Waals surface area (Å²) < 4.78 is 21.9. The van der Waals surface area contributed by atoms with Gasteiger partial charge in [0.15, 0.2) is 11.5 Å². The molecule has 0 bridgehead atoms. The van der Waals surface area contributed by atoms with Crippen LogP contribution in [0.25, 0.3) is 0 Å². The van der Waals surface area contributed by atoms with Crippen LogP contribution in [0, 0.1) is 0 Å². The van der Waals surface area contributed by atoms with Crippen molar-refractivity contribution >= 4 is 10.8 Å². The highest BCUT2D eigenvalue weighted by atomic mass is 32.2. The molecule has 1 N–H and O–H groups in total. The molecule has 0 heterocycles. The van der Waals surface area contributed by atoms with E-state index in [0.717, 1.165) is 30.2 Å². The molecule has 114 valence electrons. The molecule has 0 aliphatic carbocycles. The Hall–Kier alpha value is -1.07. The van der Waals surface area contributed by atoms with Crippen LogP contribution < -0.4 is 14.8 Å². The smallest absolute Gasteiger partial charge is 0.160 e. The molecule has 1 aromatic carbocycles. The lowest BCUT2D eigenvalue weighted by atomic mass is 10.1. The van der Waals surface area contributed by atoms with E-state index >= 15 is 0 Å². The first-order chi connectivity index (χ1) is 9.60. The lowest BCUT2D eigenvalue weighted by Crippen LogP contribution is -2.31. The van der Waals surface area contributed by atoms with E-state index in [0.29, 0.717) is 11.8 Å². The minimum Gasteiger partial charge on any atom is -0.493 e. The van der Waals surface area contributed by atoms with Gasteiger partial charge in [0.05, 0.1) is 14.2 Å². The summed E-state index contributed by atoms with van der Waals surface area (Å²) in [6, 6.07) is 6.31. The van der Waals surface area contributed by atoms with Crippen molar-refractivity contribution in [3.05, 3.63) is 23.8 Å². The number of ether oxygens (including phenoxy) is 2. The van der Waals surface area contributed by atoms with Gasteiger partial charge < -0.3 is 14.8 Å². The summed E-state index contributed by atoms with van der Waals surface area (Å²) in [7, 11) is 2.58. The van der Waals surface area contributed by atoms with Gasteiger partial charge in [0.2, 0.25) is 0 Å². The van der Waals surface area contributed by atoms with E-state index in [1.807, 2.05) is 25.1 Å². The number of benzene rings is 1. The summed E-state index contributed by atoms with van der Waals surface area (Å²) in [6.45, 7) is 4.86. The lowest BCUT2D eigenvalue weighted by Gasteiger charge is -2.15. The normalized spacial score (nSPS) is 13.8. The highest BCUT2D eigenvalue weighted by Gasteiger charge is 2.08. The second-order valence-corrected chi connectivity index (χ2v) is 6.55. The maximum absolute atomic E-state index is 11.3. The molecule has 4 nitrogen and oxygen atoms in total. The average molecular weight is 299 g/mol. The van der Waals surface area contributed by atoms with Gasteiger partial charge in [0.1, 0.15) is 0 Å². The van der Waals surface area contributed by atoms with Crippen LogP contribution in [0.1, 0.15) is 19.4 Å². The van der Waals surface area contributed by atoms with Crippen molar-refractivity contribution in [3.8, 4) is 11.5 Å². The van der Waals surface area contributed by atoms with Gasteiger partial charge in [-0.2, -0.15) is 0 Å². The molecule has 0 saturated heterocycles. The third-order valence-electron chi connectivity index (χ3n) is 3.13. The summed E-state index contributed by atoms with van der Waals surface area (Å²) in [5, 5.41) is 3.40. The lowest BCUT2D eigenvalue weighted by molar-refractivity contribution is 0.354. The fourth-order valence-electron chi connectivity index (χ4n) is 2.00. The van der Waals surface area contributed by atoms with E-state index in [2.05, 4.69) is 12.2 Å². The molecule has 2 atom stereocenters. The summed E-state index contributed by atoms with van der Waals surface area (Å²) in [5.41, 5.74) is 1.19. The van der Waals surface area contributed by atoms with Crippen molar-refractivity contribution in [2.45, 2.75) is 26.3 Å². The molecule has 0 aliphatic rings. The van der Waals surface area contributed by atoms with Gasteiger partial charge in [0.25, 0.3) is 0 Å². The molecule has 0 saturated carbocycles. The Morgan fingerprint density at radius 2 is 1.95 bits per heavy atom. The molecule has 0 aliphatic heterocycles. The Morgan fingerprint density at radius 1 is 1.25 bits per heavy atom. The third kappa shape index (κ3) is 5.51. The van der Waals surface area contributed by atoms with Gasteiger partial charge in [-0.15, -0.1) is 0 Å². The SMILES string of the molecule is CCS(=O)CCNC(C)Cc1ccc(OC)c(OC)c1. The third-order valence-corrected chi connectivity index (χ3v) is 4.44. The maximum atomic E-state index is 11.3.